The van der Waals surface area contributed by atoms with Gasteiger partial charge in [-0.2, -0.15) is 0 Å². The Morgan fingerprint density at radius 2 is 2.14 bits per heavy atom. The van der Waals surface area contributed by atoms with E-state index in [0.29, 0.717) is 0 Å². The Morgan fingerprint density at radius 3 is 3.00 bits per heavy atom. The van der Waals surface area contributed by atoms with Crippen molar-refractivity contribution in [2.24, 2.45) is 0 Å². The van der Waals surface area contributed by atoms with Crippen LogP contribution in [0.4, 0.5) is 0 Å². The maximum Gasteiger partial charge on any atom is 0.338 e. The molecule has 1 aromatic carbocycles. The predicted molar refractivity (Wildman–Crippen MR) is 54.3 cm³/mol. The van der Waals surface area contributed by atoms with Gasteiger partial charge in [0.25, 0.3) is 0 Å². The third kappa shape index (κ3) is 1.79. The monoisotopic (exact) mass is 190 g/mol. The van der Waals surface area contributed by atoms with Crippen LogP contribution in [0.2, 0.25) is 0 Å². The van der Waals surface area contributed by atoms with Gasteiger partial charge in [-0.3, -0.25) is 0 Å². The van der Waals surface area contributed by atoms with Gasteiger partial charge >= 0.3 is 5.97 Å². The molecule has 1 atom stereocenters. The van der Waals surface area contributed by atoms with Gasteiger partial charge in [0.15, 0.2) is 0 Å². The molecule has 2 heteroatoms. The maximum absolute atomic E-state index is 11.6. The Balaban J connectivity index is 2.34. The molecule has 0 spiro atoms. The van der Waals surface area contributed by atoms with E-state index >= 15 is 0 Å². The first-order chi connectivity index (χ1) is 6.77. The van der Waals surface area contributed by atoms with E-state index in [1.54, 1.807) is 0 Å². The fourth-order valence-electron chi connectivity index (χ4n) is 1.82. The Labute approximate surface area is 83.9 Å². The molecule has 1 aliphatic heterocycles. The summed E-state index contributed by atoms with van der Waals surface area (Å²) in [6.07, 6.45) is 3.08. The second-order valence-electron chi connectivity index (χ2n) is 3.77. The van der Waals surface area contributed by atoms with E-state index < -0.39 is 0 Å². The van der Waals surface area contributed by atoms with Gasteiger partial charge < -0.3 is 4.74 Å². The summed E-state index contributed by atoms with van der Waals surface area (Å²) in [6, 6.07) is 7.70. The number of cyclic esters (lactones) is 1. The maximum atomic E-state index is 11.6. The van der Waals surface area contributed by atoms with E-state index in [0.717, 1.165) is 30.4 Å². The van der Waals surface area contributed by atoms with Crippen LogP contribution in [0.3, 0.4) is 0 Å². The minimum absolute atomic E-state index is 0.0517. The number of esters is 1. The van der Waals surface area contributed by atoms with Gasteiger partial charge in [0.2, 0.25) is 0 Å². The average Bonchev–Trinajstić information content (AvgIpc) is 2.16. The molecule has 0 saturated carbocycles. The standard InChI is InChI=1S/C12H14O2/c1-9-5-4-7-10-6-2-3-8-11(10)12(13)14-9/h2-3,6,8-9H,4-5,7H2,1H3. The normalized spacial score (nSPS) is 21.8. The van der Waals surface area contributed by atoms with Crippen LogP contribution in [-0.4, -0.2) is 12.1 Å². The molecule has 14 heavy (non-hydrogen) atoms. The smallest absolute Gasteiger partial charge is 0.338 e. The second-order valence-corrected chi connectivity index (χ2v) is 3.77. The first kappa shape index (κ1) is 9.25. The van der Waals surface area contributed by atoms with Crippen LogP contribution in [0, 0.1) is 0 Å². The lowest BCUT2D eigenvalue weighted by atomic mass is 9.99. The van der Waals surface area contributed by atoms with E-state index in [9.17, 15) is 4.79 Å². The molecule has 1 aliphatic rings. The number of ether oxygens (including phenoxy) is 1. The number of carbonyl (C=O) groups excluding carboxylic acids is 1. The lowest BCUT2D eigenvalue weighted by Gasteiger charge is -2.18. The summed E-state index contributed by atoms with van der Waals surface area (Å²) >= 11 is 0. The molecule has 2 rings (SSSR count). The van der Waals surface area contributed by atoms with Crippen molar-refractivity contribution in [3.63, 3.8) is 0 Å². The SMILES string of the molecule is CC1CCCc2ccccc2C(=O)O1. The summed E-state index contributed by atoms with van der Waals surface area (Å²) in [5.74, 6) is -0.173. The highest BCUT2D eigenvalue weighted by Crippen LogP contribution is 2.19. The fourth-order valence-corrected chi connectivity index (χ4v) is 1.82. The molecular formula is C12H14O2. The third-order valence-electron chi connectivity index (χ3n) is 2.60. The number of hydrogen-bond donors (Lipinski definition) is 0. The van der Waals surface area contributed by atoms with Crippen molar-refractivity contribution in [3.05, 3.63) is 35.4 Å². The van der Waals surface area contributed by atoms with E-state index in [4.69, 9.17) is 4.74 Å². The zero-order valence-electron chi connectivity index (χ0n) is 8.32. The molecule has 0 radical (unpaired) electrons. The van der Waals surface area contributed by atoms with Crippen LogP contribution in [0.25, 0.3) is 0 Å². The van der Waals surface area contributed by atoms with Crippen LogP contribution >= 0.6 is 0 Å². The average molecular weight is 190 g/mol. The van der Waals surface area contributed by atoms with Gasteiger partial charge in [0, 0.05) is 0 Å². The molecule has 1 aromatic rings. The van der Waals surface area contributed by atoms with Gasteiger partial charge in [0.05, 0.1) is 11.7 Å². The van der Waals surface area contributed by atoms with E-state index in [1.807, 2.05) is 31.2 Å². The summed E-state index contributed by atoms with van der Waals surface area (Å²) < 4.78 is 5.28. The largest absolute Gasteiger partial charge is 0.459 e. The summed E-state index contributed by atoms with van der Waals surface area (Å²) in [6.45, 7) is 1.95. The van der Waals surface area contributed by atoms with Crippen molar-refractivity contribution in [3.8, 4) is 0 Å². The van der Waals surface area contributed by atoms with Crippen LogP contribution in [0.15, 0.2) is 24.3 Å². The summed E-state index contributed by atoms with van der Waals surface area (Å²) in [5.41, 5.74) is 1.85. The minimum atomic E-state index is -0.173. The number of carbonyl (C=O) groups is 1. The molecule has 0 N–H and O–H groups in total. The first-order valence-electron chi connectivity index (χ1n) is 5.06. The van der Waals surface area contributed by atoms with E-state index in [1.165, 1.54) is 0 Å². The summed E-state index contributed by atoms with van der Waals surface area (Å²) in [5, 5.41) is 0. The van der Waals surface area contributed by atoms with Gasteiger partial charge in [-0.15, -0.1) is 0 Å². The molecule has 1 heterocycles. The van der Waals surface area contributed by atoms with Gasteiger partial charge in [0.1, 0.15) is 0 Å². The predicted octanol–water partition coefficient (Wildman–Crippen LogP) is 2.57. The minimum Gasteiger partial charge on any atom is -0.459 e. The van der Waals surface area contributed by atoms with Crippen LogP contribution < -0.4 is 0 Å². The summed E-state index contributed by atoms with van der Waals surface area (Å²) in [7, 11) is 0. The third-order valence-corrected chi connectivity index (χ3v) is 2.60. The van der Waals surface area contributed by atoms with Crippen molar-refractivity contribution in [1.29, 1.82) is 0 Å². The highest BCUT2D eigenvalue weighted by molar-refractivity contribution is 5.91. The van der Waals surface area contributed by atoms with Gasteiger partial charge in [-0.1, -0.05) is 18.2 Å². The quantitative estimate of drug-likeness (QED) is 0.588. The fraction of sp³-hybridized carbons (Fsp3) is 0.417. The zero-order chi connectivity index (χ0) is 9.97. The Hall–Kier alpha value is -1.31. The highest BCUT2D eigenvalue weighted by Gasteiger charge is 2.18. The van der Waals surface area contributed by atoms with E-state index in [2.05, 4.69) is 0 Å². The van der Waals surface area contributed by atoms with Crippen molar-refractivity contribution >= 4 is 5.97 Å². The van der Waals surface area contributed by atoms with E-state index in [-0.39, 0.29) is 12.1 Å². The van der Waals surface area contributed by atoms with Gasteiger partial charge in [-0.25, -0.2) is 4.79 Å². The highest BCUT2D eigenvalue weighted by atomic mass is 16.5. The summed E-state index contributed by atoms with van der Waals surface area (Å²) in [4.78, 5) is 11.6. The molecule has 2 nitrogen and oxygen atoms in total. The number of fused-ring (bicyclic) bond motifs is 1. The first-order valence-corrected chi connectivity index (χ1v) is 5.06. The molecular weight excluding hydrogens is 176 g/mol. The van der Waals surface area contributed by atoms with Crippen molar-refractivity contribution < 1.29 is 9.53 Å². The molecule has 0 fully saturated rings. The molecule has 74 valence electrons. The topological polar surface area (TPSA) is 26.3 Å². The van der Waals surface area contributed by atoms with Crippen molar-refractivity contribution in [2.75, 3.05) is 0 Å². The van der Waals surface area contributed by atoms with Gasteiger partial charge in [-0.05, 0) is 37.8 Å². The van der Waals surface area contributed by atoms with Crippen LogP contribution in [0.5, 0.6) is 0 Å². The molecule has 0 aromatic heterocycles. The molecule has 1 unspecified atom stereocenters. The Morgan fingerprint density at radius 1 is 1.36 bits per heavy atom. The van der Waals surface area contributed by atoms with Crippen molar-refractivity contribution in [1.82, 2.24) is 0 Å². The lowest BCUT2D eigenvalue weighted by Crippen LogP contribution is -2.19. The molecule has 0 saturated heterocycles. The Bertz CT molecular complexity index is 344. The number of rotatable bonds is 0. The number of hydrogen-bond acceptors (Lipinski definition) is 2. The Kier molecular flexibility index (Phi) is 2.53. The van der Waals surface area contributed by atoms with Crippen LogP contribution in [0.1, 0.15) is 35.7 Å². The van der Waals surface area contributed by atoms with Crippen LogP contribution in [-0.2, 0) is 11.2 Å². The molecule has 0 bridgehead atoms. The number of aryl methyl sites for hydroxylation is 1. The molecule has 0 amide bonds. The van der Waals surface area contributed by atoms with Crippen molar-refractivity contribution in [2.45, 2.75) is 32.3 Å². The number of benzene rings is 1. The molecule has 0 aliphatic carbocycles. The second kappa shape index (κ2) is 3.82. The lowest BCUT2D eigenvalue weighted by molar-refractivity contribution is 0.0309. The zero-order valence-corrected chi connectivity index (χ0v) is 8.32.